The second-order valence-electron chi connectivity index (χ2n) is 7.09. The van der Waals surface area contributed by atoms with Crippen molar-refractivity contribution in [2.24, 2.45) is 11.7 Å². The van der Waals surface area contributed by atoms with E-state index in [9.17, 15) is 4.79 Å². The van der Waals surface area contributed by atoms with Crippen LogP contribution in [-0.4, -0.2) is 36.5 Å². The van der Waals surface area contributed by atoms with E-state index in [0.29, 0.717) is 32.0 Å². The van der Waals surface area contributed by atoms with Crippen LogP contribution in [0.4, 0.5) is 0 Å². The van der Waals surface area contributed by atoms with Crippen LogP contribution in [0.1, 0.15) is 30.4 Å². The first-order valence-electron chi connectivity index (χ1n) is 9.39. The van der Waals surface area contributed by atoms with Gasteiger partial charge in [-0.25, -0.2) is 0 Å². The molecule has 27 heavy (non-hydrogen) atoms. The van der Waals surface area contributed by atoms with Gasteiger partial charge in [0.25, 0.3) is 5.91 Å². The molecule has 1 aliphatic heterocycles. The molecule has 3 atom stereocenters. The Bertz CT molecular complexity index is 738. The molecule has 0 aromatic heterocycles. The van der Waals surface area contributed by atoms with E-state index in [1.165, 1.54) is 5.56 Å². The summed E-state index contributed by atoms with van der Waals surface area (Å²) in [6, 6.07) is 18.2. The fourth-order valence-corrected chi connectivity index (χ4v) is 3.73. The minimum Gasteiger partial charge on any atom is -0.481 e. The van der Waals surface area contributed by atoms with E-state index >= 15 is 0 Å². The van der Waals surface area contributed by atoms with Crippen molar-refractivity contribution < 1.29 is 9.53 Å². The molecular weight excluding hydrogens is 360 g/mol. The van der Waals surface area contributed by atoms with Gasteiger partial charge < -0.3 is 15.4 Å². The van der Waals surface area contributed by atoms with E-state index in [1.807, 2.05) is 61.2 Å². The third-order valence-electron chi connectivity index (χ3n) is 5.20. The molecular formula is C22H29ClN2O2. The Hall–Kier alpha value is -2.04. The summed E-state index contributed by atoms with van der Waals surface area (Å²) in [6.45, 7) is 6.00. The van der Waals surface area contributed by atoms with Gasteiger partial charge in [0.2, 0.25) is 0 Å². The van der Waals surface area contributed by atoms with Crippen LogP contribution < -0.4 is 10.5 Å². The molecule has 4 nitrogen and oxygen atoms in total. The number of carbonyl (C=O) groups is 1. The highest BCUT2D eigenvalue weighted by molar-refractivity contribution is 5.85. The molecule has 0 bridgehead atoms. The average Bonchev–Trinajstić information content (AvgIpc) is 3.11. The van der Waals surface area contributed by atoms with E-state index in [4.69, 9.17) is 10.5 Å². The number of benzene rings is 2. The first-order valence-corrected chi connectivity index (χ1v) is 9.39. The van der Waals surface area contributed by atoms with Gasteiger partial charge in [0.05, 0.1) is 0 Å². The largest absolute Gasteiger partial charge is 0.481 e. The average molecular weight is 389 g/mol. The zero-order valence-electron chi connectivity index (χ0n) is 16.0. The molecule has 0 aliphatic carbocycles. The van der Waals surface area contributed by atoms with E-state index in [-0.39, 0.29) is 24.2 Å². The lowest BCUT2D eigenvalue weighted by molar-refractivity contribution is -0.137. The number of likely N-dealkylation sites (tertiary alicyclic amines) is 1. The van der Waals surface area contributed by atoms with Crippen LogP contribution in [-0.2, 0) is 4.79 Å². The number of aryl methyl sites for hydroxylation is 1. The van der Waals surface area contributed by atoms with Crippen molar-refractivity contribution in [1.29, 1.82) is 0 Å². The standard InChI is InChI=1S/C22H28N2O2.ClH/c1-3-21(26-19-11-7-8-16(2)12-19)22(25)24-14-18(13-23)20(15-24)17-9-5-4-6-10-17;/h4-12,18,20-21H,3,13-15,23H2,1-2H3;1H/t18-,20+,21?;/m1./s1. The molecule has 2 N–H and O–H groups in total. The summed E-state index contributed by atoms with van der Waals surface area (Å²) in [5, 5.41) is 0. The molecule has 1 fully saturated rings. The highest BCUT2D eigenvalue weighted by Crippen LogP contribution is 2.32. The number of amides is 1. The zero-order chi connectivity index (χ0) is 18.5. The van der Waals surface area contributed by atoms with Crippen LogP contribution in [0.15, 0.2) is 54.6 Å². The molecule has 0 radical (unpaired) electrons. The maximum Gasteiger partial charge on any atom is 0.263 e. The van der Waals surface area contributed by atoms with Crippen LogP contribution in [0.2, 0.25) is 0 Å². The Balaban J connectivity index is 0.00000261. The smallest absolute Gasteiger partial charge is 0.263 e. The molecule has 2 aromatic carbocycles. The lowest BCUT2D eigenvalue weighted by Gasteiger charge is -2.24. The van der Waals surface area contributed by atoms with Gasteiger partial charge in [-0.15, -0.1) is 12.4 Å². The summed E-state index contributed by atoms with van der Waals surface area (Å²) < 4.78 is 6.01. The first-order chi connectivity index (χ1) is 12.6. The minimum atomic E-state index is -0.454. The van der Waals surface area contributed by atoms with Gasteiger partial charge in [0.1, 0.15) is 5.75 Å². The number of carbonyl (C=O) groups excluding carboxylic acids is 1. The Labute approximate surface area is 168 Å². The summed E-state index contributed by atoms with van der Waals surface area (Å²) in [5.41, 5.74) is 8.38. The third-order valence-corrected chi connectivity index (χ3v) is 5.20. The summed E-state index contributed by atoms with van der Waals surface area (Å²) >= 11 is 0. The topological polar surface area (TPSA) is 55.6 Å². The maximum absolute atomic E-state index is 13.1. The fraction of sp³-hybridized carbons (Fsp3) is 0.409. The molecule has 0 saturated carbocycles. The molecule has 146 valence electrons. The Morgan fingerprint density at radius 2 is 1.93 bits per heavy atom. The van der Waals surface area contributed by atoms with Crippen molar-refractivity contribution in [3.8, 4) is 5.75 Å². The van der Waals surface area contributed by atoms with Gasteiger partial charge in [-0.05, 0) is 49.1 Å². The summed E-state index contributed by atoms with van der Waals surface area (Å²) in [4.78, 5) is 15.0. The number of ether oxygens (including phenoxy) is 1. The van der Waals surface area contributed by atoms with Crippen LogP contribution >= 0.6 is 12.4 Å². The fourth-order valence-electron chi connectivity index (χ4n) is 3.73. The highest BCUT2D eigenvalue weighted by atomic mass is 35.5. The summed E-state index contributed by atoms with van der Waals surface area (Å²) in [6.07, 6.45) is 0.191. The quantitative estimate of drug-likeness (QED) is 0.819. The molecule has 1 amide bonds. The summed E-state index contributed by atoms with van der Waals surface area (Å²) in [5.74, 6) is 1.39. The first kappa shape index (κ1) is 21.3. The van der Waals surface area contributed by atoms with Crippen molar-refractivity contribution >= 4 is 18.3 Å². The number of halogens is 1. The molecule has 1 saturated heterocycles. The van der Waals surface area contributed by atoms with Crippen molar-refractivity contribution in [2.75, 3.05) is 19.6 Å². The Morgan fingerprint density at radius 1 is 1.19 bits per heavy atom. The van der Waals surface area contributed by atoms with E-state index < -0.39 is 6.10 Å². The van der Waals surface area contributed by atoms with Crippen LogP contribution in [0.25, 0.3) is 0 Å². The SMILES string of the molecule is CCC(Oc1cccc(C)c1)C(=O)N1C[C@@H](CN)[C@H](c2ccccc2)C1.Cl. The van der Waals surface area contributed by atoms with Crippen LogP contribution in [0.3, 0.4) is 0 Å². The van der Waals surface area contributed by atoms with Crippen molar-refractivity contribution in [1.82, 2.24) is 4.90 Å². The summed E-state index contributed by atoms with van der Waals surface area (Å²) in [7, 11) is 0. The van der Waals surface area contributed by atoms with Crippen molar-refractivity contribution in [3.63, 3.8) is 0 Å². The van der Waals surface area contributed by atoms with E-state index in [0.717, 1.165) is 11.3 Å². The Morgan fingerprint density at radius 3 is 2.56 bits per heavy atom. The number of hydrogen-bond donors (Lipinski definition) is 1. The normalized spacial score (nSPS) is 20.0. The van der Waals surface area contributed by atoms with Gasteiger partial charge in [-0.2, -0.15) is 0 Å². The Kier molecular flexibility index (Phi) is 7.69. The zero-order valence-corrected chi connectivity index (χ0v) is 16.8. The van der Waals surface area contributed by atoms with Gasteiger partial charge in [0.15, 0.2) is 6.10 Å². The second-order valence-corrected chi connectivity index (χ2v) is 7.09. The van der Waals surface area contributed by atoms with Crippen LogP contribution in [0.5, 0.6) is 5.75 Å². The minimum absolute atomic E-state index is 0. The molecule has 5 heteroatoms. The van der Waals surface area contributed by atoms with Crippen molar-refractivity contribution in [3.05, 3.63) is 65.7 Å². The van der Waals surface area contributed by atoms with Crippen molar-refractivity contribution in [2.45, 2.75) is 32.3 Å². The highest BCUT2D eigenvalue weighted by Gasteiger charge is 2.37. The predicted octanol–water partition coefficient (Wildman–Crippen LogP) is 3.78. The van der Waals surface area contributed by atoms with Gasteiger partial charge >= 0.3 is 0 Å². The molecule has 1 unspecified atom stereocenters. The van der Waals surface area contributed by atoms with Gasteiger partial charge in [-0.3, -0.25) is 4.79 Å². The number of nitrogens with zero attached hydrogens (tertiary/aromatic N) is 1. The number of nitrogens with two attached hydrogens (primary N) is 1. The molecule has 2 aromatic rings. The molecule has 1 aliphatic rings. The lowest BCUT2D eigenvalue weighted by atomic mass is 9.89. The molecule has 3 rings (SSSR count). The molecule has 1 heterocycles. The van der Waals surface area contributed by atoms with Crippen LogP contribution in [0, 0.1) is 12.8 Å². The van der Waals surface area contributed by atoms with Gasteiger partial charge in [-0.1, -0.05) is 49.4 Å². The monoisotopic (exact) mass is 388 g/mol. The number of rotatable bonds is 6. The maximum atomic E-state index is 13.1. The second kappa shape index (κ2) is 9.77. The predicted molar refractivity (Wildman–Crippen MR) is 111 cm³/mol. The van der Waals surface area contributed by atoms with E-state index in [2.05, 4.69) is 12.1 Å². The lowest BCUT2D eigenvalue weighted by Crippen LogP contribution is -2.41. The third kappa shape index (κ3) is 5.02. The number of hydrogen-bond acceptors (Lipinski definition) is 3. The van der Waals surface area contributed by atoms with Gasteiger partial charge in [0, 0.05) is 19.0 Å². The molecule has 0 spiro atoms. The van der Waals surface area contributed by atoms with E-state index in [1.54, 1.807) is 0 Å².